The minimum absolute atomic E-state index is 0.302. The number of H-pyrrole nitrogens is 1. The van der Waals surface area contributed by atoms with Crippen LogP contribution in [0, 0.1) is 10.1 Å². The molecule has 0 amide bonds. The van der Waals surface area contributed by atoms with E-state index in [-0.39, 0.29) is 5.95 Å². The summed E-state index contributed by atoms with van der Waals surface area (Å²) >= 11 is 0. The molecule has 0 atom stereocenters. The molecule has 2 heterocycles. The minimum atomic E-state index is -0.577. The van der Waals surface area contributed by atoms with E-state index in [1.807, 2.05) is 11.9 Å². The quantitative estimate of drug-likeness (QED) is 0.523. The summed E-state index contributed by atoms with van der Waals surface area (Å²) < 4.78 is 0. The molecular weight excluding hydrogens is 200 g/mol. The van der Waals surface area contributed by atoms with E-state index in [1.165, 1.54) is 0 Å². The molecule has 8 nitrogen and oxygen atoms in total. The Morgan fingerprint density at radius 2 is 2.07 bits per heavy atom. The third kappa shape index (κ3) is 2.04. The van der Waals surface area contributed by atoms with Crippen LogP contribution in [-0.2, 0) is 0 Å². The molecule has 2 rings (SSSR count). The Kier molecular flexibility index (Phi) is 2.50. The molecule has 1 aliphatic heterocycles. The lowest BCUT2D eigenvalue weighted by Gasteiger charge is -2.30. The summed E-state index contributed by atoms with van der Waals surface area (Å²) in [6.45, 7) is 3.43. The van der Waals surface area contributed by atoms with Gasteiger partial charge in [-0.15, -0.1) is 5.10 Å². The van der Waals surface area contributed by atoms with Crippen molar-refractivity contribution in [3.8, 4) is 0 Å². The van der Waals surface area contributed by atoms with E-state index in [4.69, 9.17) is 0 Å². The molecule has 1 fully saturated rings. The maximum absolute atomic E-state index is 10.4. The molecule has 0 saturated carbocycles. The second-order valence-corrected chi connectivity index (χ2v) is 3.51. The predicted molar refractivity (Wildman–Crippen MR) is 52.7 cm³/mol. The molecule has 1 N–H and O–H groups in total. The molecule has 0 bridgehead atoms. The van der Waals surface area contributed by atoms with Gasteiger partial charge in [-0.1, -0.05) is 5.10 Å². The van der Waals surface area contributed by atoms with E-state index >= 15 is 0 Å². The molecular formula is C7H12N6O2. The summed E-state index contributed by atoms with van der Waals surface area (Å²) in [6.07, 6.45) is 0. The van der Waals surface area contributed by atoms with Gasteiger partial charge in [0.2, 0.25) is 0 Å². The Balaban J connectivity index is 2.06. The van der Waals surface area contributed by atoms with E-state index in [2.05, 4.69) is 20.1 Å². The predicted octanol–water partition coefficient (Wildman–Crippen LogP) is -0.535. The number of nitro groups is 1. The minimum Gasteiger partial charge on any atom is -0.390 e. The van der Waals surface area contributed by atoms with Crippen LogP contribution in [0.25, 0.3) is 0 Å². The smallest absolute Gasteiger partial charge is 0.390 e. The lowest BCUT2D eigenvalue weighted by atomic mass is 10.3. The van der Waals surface area contributed by atoms with Crippen LogP contribution >= 0.6 is 0 Å². The molecule has 1 aliphatic rings. The van der Waals surface area contributed by atoms with Crippen molar-refractivity contribution in [1.29, 1.82) is 0 Å². The van der Waals surface area contributed by atoms with Crippen molar-refractivity contribution in [1.82, 2.24) is 20.1 Å². The molecule has 0 unspecified atom stereocenters. The third-order valence-electron chi connectivity index (χ3n) is 2.42. The molecule has 0 radical (unpaired) electrons. The number of likely N-dealkylation sites (N-methyl/N-ethyl adjacent to an activating group) is 1. The third-order valence-corrected chi connectivity index (χ3v) is 2.42. The van der Waals surface area contributed by atoms with Crippen LogP contribution in [0.5, 0.6) is 0 Å². The summed E-state index contributed by atoms with van der Waals surface area (Å²) in [5, 5.41) is 16.5. The molecule has 0 aromatic carbocycles. The molecule has 82 valence electrons. The van der Waals surface area contributed by atoms with Crippen molar-refractivity contribution in [2.45, 2.75) is 0 Å². The van der Waals surface area contributed by atoms with E-state index in [1.54, 1.807) is 0 Å². The van der Waals surface area contributed by atoms with Gasteiger partial charge in [0.05, 0.1) is 0 Å². The normalized spacial score (nSPS) is 18.1. The lowest BCUT2D eigenvalue weighted by molar-refractivity contribution is -0.394. The number of aromatic amines is 1. The number of hydrogen-bond donors (Lipinski definition) is 1. The molecule has 1 aromatic rings. The van der Waals surface area contributed by atoms with Crippen LogP contribution in [0.4, 0.5) is 11.9 Å². The monoisotopic (exact) mass is 212 g/mol. The maximum atomic E-state index is 10.4. The van der Waals surface area contributed by atoms with Gasteiger partial charge in [0.1, 0.15) is 0 Å². The van der Waals surface area contributed by atoms with Crippen LogP contribution in [0.3, 0.4) is 0 Å². The summed E-state index contributed by atoms with van der Waals surface area (Å²) in [4.78, 5) is 17.7. The number of anilines is 1. The van der Waals surface area contributed by atoms with Crippen molar-refractivity contribution in [3.05, 3.63) is 10.1 Å². The second-order valence-electron chi connectivity index (χ2n) is 3.51. The Hall–Kier alpha value is -1.70. The van der Waals surface area contributed by atoms with Gasteiger partial charge in [0, 0.05) is 26.2 Å². The zero-order chi connectivity index (χ0) is 10.8. The fourth-order valence-corrected chi connectivity index (χ4v) is 1.47. The zero-order valence-electron chi connectivity index (χ0n) is 8.38. The molecule has 0 aliphatic carbocycles. The summed E-state index contributed by atoms with van der Waals surface area (Å²) in [6, 6.07) is 0. The van der Waals surface area contributed by atoms with Gasteiger partial charge in [-0.05, 0) is 17.0 Å². The molecule has 0 spiro atoms. The zero-order valence-corrected chi connectivity index (χ0v) is 8.38. The number of piperazine rings is 1. The van der Waals surface area contributed by atoms with Gasteiger partial charge in [-0.2, -0.15) is 0 Å². The van der Waals surface area contributed by atoms with Crippen LogP contribution in [0.1, 0.15) is 0 Å². The largest absolute Gasteiger partial charge is 0.455 e. The topological polar surface area (TPSA) is 91.2 Å². The first-order chi connectivity index (χ1) is 7.16. The number of hydrogen-bond acceptors (Lipinski definition) is 6. The van der Waals surface area contributed by atoms with Crippen molar-refractivity contribution < 1.29 is 4.92 Å². The van der Waals surface area contributed by atoms with Gasteiger partial charge in [-0.3, -0.25) is 0 Å². The maximum Gasteiger partial charge on any atom is 0.455 e. The van der Waals surface area contributed by atoms with Crippen molar-refractivity contribution in [3.63, 3.8) is 0 Å². The Morgan fingerprint density at radius 3 is 2.60 bits per heavy atom. The van der Waals surface area contributed by atoms with Gasteiger partial charge in [0.15, 0.2) is 0 Å². The van der Waals surface area contributed by atoms with Crippen LogP contribution in [-0.4, -0.2) is 58.2 Å². The summed E-state index contributed by atoms with van der Waals surface area (Å²) in [5.41, 5.74) is 0. The average molecular weight is 212 g/mol. The number of rotatable bonds is 2. The van der Waals surface area contributed by atoms with Crippen molar-refractivity contribution >= 4 is 11.9 Å². The summed E-state index contributed by atoms with van der Waals surface area (Å²) in [5.74, 6) is 0.110. The first-order valence-electron chi connectivity index (χ1n) is 4.67. The molecule has 1 saturated heterocycles. The second kappa shape index (κ2) is 3.81. The molecule has 8 heteroatoms. The highest BCUT2D eigenvalue weighted by atomic mass is 16.6. The SMILES string of the molecule is CN1CCN(c2n[nH]c([N+](=O)[O-])n2)CC1. The van der Waals surface area contributed by atoms with Gasteiger partial charge in [0.25, 0.3) is 0 Å². The standard InChI is InChI=1S/C7H12N6O2/c1-11-2-4-12(5-3-11)6-8-7(10-9-6)13(14)15/h2-5H2,1H3,(H,8,9,10). The fourth-order valence-electron chi connectivity index (χ4n) is 1.47. The first kappa shape index (κ1) is 9.84. The van der Waals surface area contributed by atoms with Crippen molar-refractivity contribution in [2.75, 3.05) is 38.1 Å². The van der Waals surface area contributed by atoms with Crippen LogP contribution in [0.2, 0.25) is 0 Å². The van der Waals surface area contributed by atoms with Crippen molar-refractivity contribution in [2.24, 2.45) is 0 Å². The number of aromatic nitrogens is 3. The number of nitrogens with zero attached hydrogens (tertiary/aromatic N) is 5. The van der Waals surface area contributed by atoms with E-state index < -0.39 is 4.92 Å². The Morgan fingerprint density at radius 1 is 1.40 bits per heavy atom. The first-order valence-corrected chi connectivity index (χ1v) is 4.67. The molecule has 15 heavy (non-hydrogen) atoms. The Labute approximate surface area is 86.0 Å². The highest BCUT2D eigenvalue weighted by molar-refractivity contribution is 5.32. The van der Waals surface area contributed by atoms with E-state index in [9.17, 15) is 10.1 Å². The Bertz CT molecular complexity index is 356. The average Bonchev–Trinajstić information content (AvgIpc) is 2.68. The van der Waals surface area contributed by atoms with E-state index in [0.29, 0.717) is 5.95 Å². The van der Waals surface area contributed by atoms with E-state index in [0.717, 1.165) is 26.2 Å². The van der Waals surface area contributed by atoms with Gasteiger partial charge >= 0.3 is 11.9 Å². The highest BCUT2D eigenvalue weighted by Crippen LogP contribution is 2.12. The number of nitrogens with one attached hydrogen (secondary N) is 1. The van der Waals surface area contributed by atoms with Crippen LogP contribution < -0.4 is 4.90 Å². The highest BCUT2D eigenvalue weighted by Gasteiger charge is 2.22. The fraction of sp³-hybridized carbons (Fsp3) is 0.714. The summed E-state index contributed by atoms with van der Waals surface area (Å²) in [7, 11) is 2.04. The lowest BCUT2D eigenvalue weighted by Crippen LogP contribution is -2.44. The molecule has 1 aromatic heterocycles. The van der Waals surface area contributed by atoms with Gasteiger partial charge < -0.3 is 19.9 Å². The van der Waals surface area contributed by atoms with Gasteiger partial charge in [-0.25, -0.2) is 0 Å². The van der Waals surface area contributed by atoms with Crippen LogP contribution in [0.15, 0.2) is 0 Å².